The number of aliphatic hydroxyl groups is 1. The lowest BCUT2D eigenvalue weighted by Crippen LogP contribution is -2.21. The van der Waals surface area contributed by atoms with Gasteiger partial charge >= 0.3 is 0 Å². The third-order valence-electron chi connectivity index (χ3n) is 3.48. The second-order valence-corrected chi connectivity index (χ2v) is 5.44. The molecule has 0 heterocycles. The van der Waals surface area contributed by atoms with Crippen molar-refractivity contribution >= 4 is 0 Å². The smallest absolute Gasteiger partial charge is 0.119 e. The number of hydrogen-bond acceptors (Lipinski definition) is 3. The van der Waals surface area contributed by atoms with Crippen LogP contribution in [-0.2, 0) is 6.54 Å². The highest BCUT2D eigenvalue weighted by Crippen LogP contribution is 2.30. The van der Waals surface area contributed by atoms with Crippen molar-refractivity contribution in [1.82, 2.24) is 4.90 Å². The van der Waals surface area contributed by atoms with Gasteiger partial charge in [0.1, 0.15) is 5.75 Å². The molecule has 3 heteroatoms. The number of rotatable bonds is 6. The minimum Gasteiger partial charge on any atom is -0.497 e. The summed E-state index contributed by atoms with van der Waals surface area (Å²) in [6, 6.07) is 6.00. The Balaban J connectivity index is 2.11. The van der Waals surface area contributed by atoms with E-state index in [4.69, 9.17) is 9.84 Å². The van der Waals surface area contributed by atoms with Gasteiger partial charge in [-0.25, -0.2) is 0 Å². The van der Waals surface area contributed by atoms with Gasteiger partial charge in [-0.1, -0.05) is 11.8 Å². The van der Waals surface area contributed by atoms with Gasteiger partial charge in [-0.15, -0.1) is 0 Å². The Morgan fingerprint density at radius 1 is 1.40 bits per heavy atom. The Bertz CT molecular complexity index is 497. The second-order valence-electron chi connectivity index (χ2n) is 5.44. The number of benzene rings is 1. The monoisotopic (exact) mass is 273 g/mol. The fourth-order valence-electron chi connectivity index (χ4n) is 2.26. The molecule has 0 aliphatic heterocycles. The molecule has 1 fully saturated rings. The third kappa shape index (κ3) is 4.56. The summed E-state index contributed by atoms with van der Waals surface area (Å²) in [4.78, 5) is 2.35. The van der Waals surface area contributed by atoms with Crippen LogP contribution in [0.4, 0.5) is 0 Å². The lowest BCUT2D eigenvalue weighted by atomic mass is 10.1. The van der Waals surface area contributed by atoms with Gasteiger partial charge in [0.25, 0.3) is 0 Å². The van der Waals surface area contributed by atoms with E-state index in [2.05, 4.69) is 29.9 Å². The molecule has 0 saturated heterocycles. The zero-order chi connectivity index (χ0) is 14.4. The third-order valence-corrected chi connectivity index (χ3v) is 3.48. The standard InChI is InChI=1S/C17H23NO2/c1-18(12-14-6-7-14)13-16-11-17(20-2)9-8-15(16)5-3-4-10-19/h8-9,11,14,19H,4,6-7,10,12-13H2,1-2H3. The van der Waals surface area contributed by atoms with Crippen molar-refractivity contribution in [3.63, 3.8) is 0 Å². The zero-order valence-corrected chi connectivity index (χ0v) is 12.4. The SMILES string of the molecule is COc1ccc(C#CCCO)c(CN(C)CC2CC2)c1. The highest BCUT2D eigenvalue weighted by molar-refractivity contribution is 5.45. The molecular formula is C17H23NO2. The first-order valence-corrected chi connectivity index (χ1v) is 7.18. The van der Waals surface area contributed by atoms with Crippen LogP contribution < -0.4 is 4.74 Å². The summed E-state index contributed by atoms with van der Waals surface area (Å²) < 4.78 is 5.30. The molecule has 3 nitrogen and oxygen atoms in total. The molecule has 0 atom stereocenters. The van der Waals surface area contributed by atoms with Crippen molar-refractivity contribution in [1.29, 1.82) is 0 Å². The number of methoxy groups -OCH3 is 1. The Labute approximate surface area is 121 Å². The maximum atomic E-state index is 8.82. The van der Waals surface area contributed by atoms with Crippen molar-refractivity contribution in [3.8, 4) is 17.6 Å². The van der Waals surface area contributed by atoms with Gasteiger partial charge in [0.05, 0.1) is 13.7 Å². The van der Waals surface area contributed by atoms with Crippen LogP contribution in [0.3, 0.4) is 0 Å². The van der Waals surface area contributed by atoms with Crippen LogP contribution in [-0.4, -0.2) is 37.3 Å². The van der Waals surface area contributed by atoms with Crippen molar-refractivity contribution in [3.05, 3.63) is 29.3 Å². The number of nitrogens with zero attached hydrogens (tertiary/aromatic N) is 1. The van der Waals surface area contributed by atoms with Crippen molar-refractivity contribution in [2.24, 2.45) is 5.92 Å². The molecule has 1 aliphatic carbocycles. The Morgan fingerprint density at radius 2 is 2.20 bits per heavy atom. The van der Waals surface area contributed by atoms with Crippen LogP contribution in [0.15, 0.2) is 18.2 Å². The van der Waals surface area contributed by atoms with E-state index in [1.165, 1.54) is 18.4 Å². The molecule has 0 spiro atoms. The molecule has 108 valence electrons. The predicted molar refractivity (Wildman–Crippen MR) is 80.6 cm³/mol. The van der Waals surface area contributed by atoms with Crippen molar-refractivity contribution < 1.29 is 9.84 Å². The molecule has 1 N–H and O–H groups in total. The highest BCUT2D eigenvalue weighted by Gasteiger charge is 2.22. The molecule has 0 aromatic heterocycles. The Morgan fingerprint density at radius 3 is 2.85 bits per heavy atom. The first kappa shape index (κ1) is 14.9. The summed E-state index contributed by atoms with van der Waals surface area (Å²) in [5.41, 5.74) is 2.22. The topological polar surface area (TPSA) is 32.7 Å². The van der Waals surface area contributed by atoms with Crippen LogP contribution in [0.5, 0.6) is 5.75 Å². The summed E-state index contributed by atoms with van der Waals surface area (Å²) in [5.74, 6) is 7.90. The maximum absolute atomic E-state index is 8.82. The summed E-state index contributed by atoms with van der Waals surface area (Å²) in [6.07, 6.45) is 3.25. The molecule has 1 aromatic rings. The van der Waals surface area contributed by atoms with Gasteiger partial charge in [0.15, 0.2) is 0 Å². The van der Waals surface area contributed by atoms with Crippen LogP contribution in [0.25, 0.3) is 0 Å². The van der Waals surface area contributed by atoms with Crippen molar-refractivity contribution in [2.75, 3.05) is 27.3 Å². The van der Waals surface area contributed by atoms with E-state index < -0.39 is 0 Å². The Hall–Kier alpha value is -1.50. The molecule has 20 heavy (non-hydrogen) atoms. The molecule has 0 amide bonds. The second kappa shape index (κ2) is 7.33. The van der Waals surface area contributed by atoms with E-state index in [-0.39, 0.29) is 6.61 Å². The van der Waals surface area contributed by atoms with E-state index in [1.54, 1.807) is 7.11 Å². The zero-order valence-electron chi connectivity index (χ0n) is 12.4. The summed E-state index contributed by atoms with van der Waals surface area (Å²) in [5, 5.41) is 8.82. The molecular weight excluding hydrogens is 250 g/mol. The summed E-state index contributed by atoms with van der Waals surface area (Å²) in [7, 11) is 3.84. The molecule has 1 aromatic carbocycles. The van der Waals surface area contributed by atoms with E-state index in [9.17, 15) is 0 Å². The predicted octanol–water partition coefficient (Wildman–Crippen LogP) is 2.27. The lowest BCUT2D eigenvalue weighted by Gasteiger charge is -2.17. The fourth-order valence-corrected chi connectivity index (χ4v) is 2.26. The number of ether oxygens (including phenoxy) is 1. The van der Waals surface area contributed by atoms with Crippen molar-refractivity contribution in [2.45, 2.75) is 25.8 Å². The average Bonchev–Trinajstić information content (AvgIpc) is 3.24. The molecule has 0 unspecified atom stereocenters. The molecule has 0 radical (unpaired) electrons. The number of hydrogen-bond donors (Lipinski definition) is 1. The minimum absolute atomic E-state index is 0.111. The summed E-state index contributed by atoms with van der Waals surface area (Å²) in [6.45, 7) is 2.15. The Kier molecular flexibility index (Phi) is 5.46. The minimum atomic E-state index is 0.111. The first-order chi connectivity index (χ1) is 9.72. The van der Waals surface area contributed by atoms with Crippen LogP contribution in [0.2, 0.25) is 0 Å². The van der Waals surface area contributed by atoms with Gasteiger partial charge in [0, 0.05) is 25.1 Å². The van der Waals surface area contributed by atoms with Gasteiger partial charge in [0.2, 0.25) is 0 Å². The maximum Gasteiger partial charge on any atom is 0.119 e. The van der Waals surface area contributed by atoms with Crippen LogP contribution >= 0.6 is 0 Å². The average molecular weight is 273 g/mol. The normalized spacial score (nSPS) is 14.0. The quantitative estimate of drug-likeness (QED) is 0.807. The van der Waals surface area contributed by atoms with Gasteiger partial charge in [-0.3, -0.25) is 0 Å². The molecule has 1 aliphatic rings. The first-order valence-electron chi connectivity index (χ1n) is 7.18. The fraction of sp³-hybridized carbons (Fsp3) is 0.529. The largest absolute Gasteiger partial charge is 0.497 e. The van der Waals surface area contributed by atoms with Gasteiger partial charge in [-0.2, -0.15) is 0 Å². The molecule has 0 bridgehead atoms. The van der Waals surface area contributed by atoms with E-state index in [0.717, 1.165) is 30.3 Å². The van der Waals surface area contributed by atoms with E-state index >= 15 is 0 Å². The highest BCUT2D eigenvalue weighted by atomic mass is 16.5. The summed E-state index contributed by atoms with van der Waals surface area (Å²) >= 11 is 0. The van der Waals surface area contributed by atoms with Crippen LogP contribution in [0, 0.1) is 17.8 Å². The molecule has 2 rings (SSSR count). The molecule has 1 saturated carbocycles. The van der Waals surface area contributed by atoms with Gasteiger partial charge in [-0.05, 0) is 49.6 Å². The lowest BCUT2D eigenvalue weighted by molar-refractivity contribution is 0.305. The van der Waals surface area contributed by atoms with E-state index in [1.807, 2.05) is 12.1 Å². The number of aliphatic hydroxyl groups excluding tert-OH is 1. The van der Waals surface area contributed by atoms with E-state index in [0.29, 0.717) is 6.42 Å². The van der Waals surface area contributed by atoms with Gasteiger partial charge < -0.3 is 14.7 Å². The van der Waals surface area contributed by atoms with Crippen LogP contribution in [0.1, 0.15) is 30.4 Å².